The first-order chi connectivity index (χ1) is 7.81. The fourth-order valence-electron chi connectivity index (χ4n) is 1.35. The lowest BCUT2D eigenvalue weighted by Gasteiger charge is -1.96. The van der Waals surface area contributed by atoms with Gasteiger partial charge in [-0.3, -0.25) is 4.98 Å². The smallest absolute Gasteiger partial charge is 0.124 e. The molecule has 0 saturated heterocycles. The van der Waals surface area contributed by atoms with Gasteiger partial charge in [-0.25, -0.2) is 4.98 Å². The van der Waals surface area contributed by atoms with Crippen LogP contribution in [0.15, 0.2) is 28.3 Å². The summed E-state index contributed by atoms with van der Waals surface area (Å²) in [4.78, 5) is 8.63. The predicted octanol–water partition coefficient (Wildman–Crippen LogP) is 2.73. The maximum atomic E-state index is 4.62. The van der Waals surface area contributed by atoms with Gasteiger partial charge in [-0.15, -0.1) is 11.3 Å². The summed E-state index contributed by atoms with van der Waals surface area (Å²) in [5, 5.41) is 4.17. The van der Waals surface area contributed by atoms with Crippen molar-refractivity contribution in [2.75, 3.05) is 13.6 Å². The third-order valence-corrected chi connectivity index (χ3v) is 4.07. The summed E-state index contributed by atoms with van der Waals surface area (Å²) in [5.74, 6) is 0. The maximum absolute atomic E-state index is 4.62. The number of nitrogens with zero attached hydrogens (tertiary/aromatic N) is 2. The quantitative estimate of drug-likeness (QED) is 0.943. The Labute approximate surface area is 107 Å². The van der Waals surface area contributed by atoms with Crippen LogP contribution in [0.5, 0.6) is 0 Å². The first-order valence-corrected chi connectivity index (χ1v) is 6.62. The number of hydrogen-bond acceptors (Lipinski definition) is 4. The van der Waals surface area contributed by atoms with E-state index in [1.165, 1.54) is 0 Å². The predicted molar refractivity (Wildman–Crippen MR) is 70.7 cm³/mol. The van der Waals surface area contributed by atoms with Crippen LogP contribution in [0.4, 0.5) is 0 Å². The molecule has 0 aliphatic rings. The summed E-state index contributed by atoms with van der Waals surface area (Å²) in [5.41, 5.74) is 2.24. The Kier molecular flexibility index (Phi) is 4.04. The van der Waals surface area contributed by atoms with Crippen LogP contribution in [0.1, 0.15) is 5.69 Å². The molecule has 2 heterocycles. The van der Waals surface area contributed by atoms with Crippen LogP contribution >= 0.6 is 27.3 Å². The van der Waals surface area contributed by atoms with Gasteiger partial charge in [-0.2, -0.15) is 0 Å². The molecule has 84 valence electrons. The van der Waals surface area contributed by atoms with Gasteiger partial charge in [-0.05, 0) is 35.1 Å². The van der Waals surface area contributed by atoms with E-state index in [1.54, 1.807) is 23.7 Å². The summed E-state index contributed by atoms with van der Waals surface area (Å²) in [6.45, 7) is 0.943. The van der Waals surface area contributed by atoms with Crippen molar-refractivity contribution in [2.24, 2.45) is 0 Å². The molecule has 2 aromatic rings. The van der Waals surface area contributed by atoms with Crippen LogP contribution in [0.3, 0.4) is 0 Å². The molecule has 0 spiro atoms. The molecule has 0 radical (unpaired) electrons. The largest absolute Gasteiger partial charge is 0.319 e. The Morgan fingerprint density at radius 1 is 1.38 bits per heavy atom. The lowest BCUT2D eigenvalue weighted by atomic mass is 10.3. The summed E-state index contributed by atoms with van der Waals surface area (Å²) >= 11 is 5.23. The molecule has 0 atom stereocenters. The fourth-order valence-corrected chi connectivity index (χ4v) is 2.94. The molecule has 0 aromatic carbocycles. The molecule has 0 saturated carbocycles. The Morgan fingerprint density at radius 3 is 2.81 bits per heavy atom. The number of aromatic nitrogens is 2. The molecule has 0 bridgehead atoms. The second kappa shape index (κ2) is 5.52. The van der Waals surface area contributed by atoms with Crippen LogP contribution in [0, 0.1) is 0 Å². The second-order valence-corrected chi connectivity index (χ2v) is 5.65. The number of nitrogens with one attached hydrogen (secondary N) is 1. The minimum atomic E-state index is 0.943. The first-order valence-electron chi connectivity index (χ1n) is 5.01. The van der Waals surface area contributed by atoms with E-state index in [0.29, 0.717) is 0 Å². The average molecular weight is 298 g/mol. The van der Waals surface area contributed by atoms with Crippen molar-refractivity contribution in [2.45, 2.75) is 6.42 Å². The van der Waals surface area contributed by atoms with E-state index in [1.807, 2.05) is 19.2 Å². The SMILES string of the molecule is CNCCc1nc(-c2ccncc2)sc1Br. The molecular weight excluding hydrogens is 286 g/mol. The molecule has 2 aromatic heterocycles. The number of likely N-dealkylation sites (N-methyl/N-ethyl adjacent to an activating group) is 1. The molecule has 5 heteroatoms. The number of halogens is 1. The van der Waals surface area contributed by atoms with Crippen LogP contribution in [0.25, 0.3) is 10.6 Å². The van der Waals surface area contributed by atoms with Crippen molar-refractivity contribution in [1.82, 2.24) is 15.3 Å². The topological polar surface area (TPSA) is 37.8 Å². The molecule has 16 heavy (non-hydrogen) atoms. The third kappa shape index (κ3) is 2.66. The van der Waals surface area contributed by atoms with Gasteiger partial charge in [0.1, 0.15) is 5.01 Å². The lowest BCUT2D eigenvalue weighted by Crippen LogP contribution is -2.10. The zero-order chi connectivity index (χ0) is 11.4. The van der Waals surface area contributed by atoms with E-state index in [-0.39, 0.29) is 0 Å². The molecule has 0 fully saturated rings. The Hall–Kier alpha value is -0.780. The van der Waals surface area contributed by atoms with Crippen molar-refractivity contribution in [3.05, 3.63) is 34.0 Å². The number of hydrogen-bond donors (Lipinski definition) is 1. The highest BCUT2D eigenvalue weighted by Crippen LogP contribution is 2.31. The van der Waals surface area contributed by atoms with Gasteiger partial charge in [0, 0.05) is 30.9 Å². The number of rotatable bonds is 4. The van der Waals surface area contributed by atoms with E-state index in [9.17, 15) is 0 Å². The van der Waals surface area contributed by atoms with Gasteiger partial charge < -0.3 is 5.32 Å². The monoisotopic (exact) mass is 297 g/mol. The molecule has 0 aliphatic carbocycles. The Bertz CT molecular complexity index is 456. The molecule has 0 unspecified atom stereocenters. The molecule has 3 nitrogen and oxygen atoms in total. The maximum Gasteiger partial charge on any atom is 0.124 e. The fraction of sp³-hybridized carbons (Fsp3) is 0.273. The average Bonchev–Trinajstić information content (AvgIpc) is 2.69. The van der Waals surface area contributed by atoms with E-state index in [4.69, 9.17) is 0 Å². The van der Waals surface area contributed by atoms with E-state index < -0.39 is 0 Å². The summed E-state index contributed by atoms with van der Waals surface area (Å²) in [6.07, 6.45) is 4.52. The van der Waals surface area contributed by atoms with E-state index >= 15 is 0 Å². The second-order valence-electron chi connectivity index (χ2n) is 3.33. The van der Waals surface area contributed by atoms with Crippen LogP contribution in [-0.4, -0.2) is 23.6 Å². The highest BCUT2D eigenvalue weighted by Gasteiger charge is 2.09. The van der Waals surface area contributed by atoms with Gasteiger partial charge in [0.05, 0.1) is 9.48 Å². The molecule has 0 aliphatic heterocycles. The normalized spacial score (nSPS) is 10.6. The molecule has 0 amide bonds. The number of thiazole rings is 1. The standard InChI is InChI=1S/C11H12BrN3S/c1-13-5-4-9-10(12)16-11(15-9)8-2-6-14-7-3-8/h2-3,6-7,13H,4-5H2,1H3. The van der Waals surface area contributed by atoms with Crippen LogP contribution in [0.2, 0.25) is 0 Å². The van der Waals surface area contributed by atoms with E-state index in [2.05, 4.69) is 31.2 Å². The molecular formula is C11H12BrN3S. The van der Waals surface area contributed by atoms with Gasteiger partial charge >= 0.3 is 0 Å². The highest BCUT2D eigenvalue weighted by atomic mass is 79.9. The van der Waals surface area contributed by atoms with E-state index in [0.717, 1.165) is 33.0 Å². The third-order valence-electron chi connectivity index (χ3n) is 2.19. The van der Waals surface area contributed by atoms with Crippen LogP contribution < -0.4 is 5.32 Å². The molecule has 2 rings (SSSR count). The Balaban J connectivity index is 2.24. The zero-order valence-corrected chi connectivity index (χ0v) is 11.3. The highest BCUT2D eigenvalue weighted by molar-refractivity contribution is 9.11. The van der Waals surface area contributed by atoms with Gasteiger partial charge in [0.2, 0.25) is 0 Å². The van der Waals surface area contributed by atoms with Crippen molar-refractivity contribution in [1.29, 1.82) is 0 Å². The van der Waals surface area contributed by atoms with Gasteiger partial charge in [0.25, 0.3) is 0 Å². The van der Waals surface area contributed by atoms with Crippen molar-refractivity contribution in [3.8, 4) is 10.6 Å². The minimum absolute atomic E-state index is 0.943. The van der Waals surface area contributed by atoms with Gasteiger partial charge in [-0.1, -0.05) is 0 Å². The molecule has 1 N–H and O–H groups in total. The summed E-state index contributed by atoms with van der Waals surface area (Å²) < 4.78 is 1.12. The van der Waals surface area contributed by atoms with Crippen LogP contribution in [-0.2, 0) is 6.42 Å². The van der Waals surface area contributed by atoms with Gasteiger partial charge in [0.15, 0.2) is 0 Å². The first kappa shape index (κ1) is 11.7. The van der Waals surface area contributed by atoms with Crippen molar-refractivity contribution < 1.29 is 0 Å². The lowest BCUT2D eigenvalue weighted by molar-refractivity contribution is 0.779. The Morgan fingerprint density at radius 2 is 2.12 bits per heavy atom. The summed E-state index contributed by atoms with van der Waals surface area (Å²) in [6, 6.07) is 3.96. The van der Waals surface area contributed by atoms with Crippen molar-refractivity contribution in [3.63, 3.8) is 0 Å². The summed E-state index contributed by atoms with van der Waals surface area (Å²) in [7, 11) is 1.95. The minimum Gasteiger partial charge on any atom is -0.319 e. The van der Waals surface area contributed by atoms with Crippen molar-refractivity contribution >= 4 is 27.3 Å². The number of pyridine rings is 1. The zero-order valence-electron chi connectivity index (χ0n) is 8.90.